The molecule has 2 aromatic rings. The van der Waals surface area contributed by atoms with E-state index in [1.807, 2.05) is 12.1 Å². The maximum Gasteiger partial charge on any atom is 0.408 e. The Morgan fingerprint density at radius 2 is 1.95 bits per heavy atom. The van der Waals surface area contributed by atoms with Gasteiger partial charge in [-0.3, -0.25) is 4.79 Å². The predicted octanol–water partition coefficient (Wildman–Crippen LogP) is 8.10. The number of esters is 1. The molecule has 0 spiro atoms. The van der Waals surface area contributed by atoms with Crippen LogP contribution >= 0.6 is 0 Å². The second-order valence-corrected chi connectivity index (χ2v) is 11.1. The van der Waals surface area contributed by atoms with E-state index in [4.69, 9.17) is 9.47 Å². The van der Waals surface area contributed by atoms with Crippen molar-refractivity contribution in [2.75, 3.05) is 6.61 Å². The van der Waals surface area contributed by atoms with Gasteiger partial charge in [0.2, 0.25) is 0 Å². The van der Waals surface area contributed by atoms with E-state index in [1.165, 1.54) is 5.56 Å². The molecule has 0 saturated heterocycles. The summed E-state index contributed by atoms with van der Waals surface area (Å²) in [5.41, 5.74) is 4.48. The molecule has 0 aliphatic heterocycles. The van der Waals surface area contributed by atoms with Gasteiger partial charge >= 0.3 is 12.1 Å². The summed E-state index contributed by atoms with van der Waals surface area (Å²) in [6.45, 7) is 13.1. The van der Waals surface area contributed by atoms with Crippen LogP contribution in [-0.4, -0.2) is 24.3 Å². The number of carbonyl (C=O) groups excluding carboxylic acids is 2. The Morgan fingerprint density at radius 3 is 2.58 bits per heavy atom. The van der Waals surface area contributed by atoms with Gasteiger partial charge in [-0.05, 0) is 119 Å². The van der Waals surface area contributed by atoms with E-state index in [1.54, 1.807) is 33.8 Å². The van der Waals surface area contributed by atoms with E-state index in [0.717, 1.165) is 55.2 Å². The largest absolute Gasteiger partial charge is 0.466 e. The molecule has 3 rings (SSSR count). The molecule has 1 aliphatic rings. The average molecular weight is 524 g/mol. The fourth-order valence-corrected chi connectivity index (χ4v) is 4.79. The van der Waals surface area contributed by atoms with E-state index in [0.29, 0.717) is 5.56 Å². The molecule has 0 unspecified atom stereocenters. The minimum Gasteiger partial charge on any atom is -0.466 e. The molecule has 1 saturated carbocycles. The summed E-state index contributed by atoms with van der Waals surface area (Å²) in [5, 5.41) is 2.75. The minimum absolute atomic E-state index is 0.138. The Kier molecular flexibility index (Phi) is 10.1. The molecule has 0 aromatic heterocycles. The Labute approximate surface area is 226 Å². The third kappa shape index (κ3) is 8.17. The monoisotopic (exact) mass is 523 g/mol. The first-order valence-electron chi connectivity index (χ1n) is 13.7. The number of hydrogen-bond donors (Lipinski definition) is 1. The molecule has 0 heterocycles. The van der Waals surface area contributed by atoms with Crippen LogP contribution in [0.1, 0.15) is 100 Å². The van der Waals surface area contributed by atoms with Crippen LogP contribution in [0, 0.1) is 12.7 Å². The van der Waals surface area contributed by atoms with Gasteiger partial charge in [-0.1, -0.05) is 24.3 Å². The van der Waals surface area contributed by atoms with Crippen molar-refractivity contribution in [3.05, 3.63) is 71.1 Å². The summed E-state index contributed by atoms with van der Waals surface area (Å²) >= 11 is 0. The molecule has 2 aromatic carbocycles. The zero-order valence-electron chi connectivity index (χ0n) is 23.5. The lowest BCUT2D eigenvalue weighted by atomic mass is 9.87. The smallest absolute Gasteiger partial charge is 0.408 e. The molecule has 0 bridgehead atoms. The number of allylic oxidation sites excluding steroid dienone is 1. The van der Waals surface area contributed by atoms with Crippen LogP contribution in [0.2, 0.25) is 0 Å². The van der Waals surface area contributed by atoms with Crippen molar-refractivity contribution >= 4 is 12.1 Å². The Bertz CT molecular complexity index is 1150. The second kappa shape index (κ2) is 13.1. The molecule has 1 aliphatic carbocycles. The van der Waals surface area contributed by atoms with Crippen LogP contribution in [0.5, 0.6) is 0 Å². The fraction of sp³-hybridized carbons (Fsp3) is 0.500. The molecule has 206 valence electrons. The van der Waals surface area contributed by atoms with Gasteiger partial charge in [-0.2, -0.15) is 0 Å². The van der Waals surface area contributed by atoms with Crippen molar-refractivity contribution in [1.29, 1.82) is 0 Å². The summed E-state index contributed by atoms with van der Waals surface area (Å²) in [4.78, 5) is 25.3. The van der Waals surface area contributed by atoms with E-state index < -0.39 is 23.7 Å². The first-order chi connectivity index (χ1) is 18.0. The molecule has 1 atom stereocenters. The fourth-order valence-electron chi connectivity index (χ4n) is 4.79. The number of hydrogen-bond acceptors (Lipinski definition) is 4. The number of rotatable bonds is 12. The van der Waals surface area contributed by atoms with Crippen LogP contribution in [0.3, 0.4) is 0 Å². The van der Waals surface area contributed by atoms with Crippen molar-refractivity contribution in [1.82, 2.24) is 5.32 Å². The quantitative estimate of drug-likeness (QED) is 0.173. The highest BCUT2D eigenvalue weighted by atomic mass is 19.1. The van der Waals surface area contributed by atoms with Crippen molar-refractivity contribution < 1.29 is 23.5 Å². The molecular formula is C32H42FNO4. The minimum atomic E-state index is -0.929. The van der Waals surface area contributed by atoms with E-state index in [-0.39, 0.29) is 30.3 Å². The van der Waals surface area contributed by atoms with Crippen LogP contribution < -0.4 is 5.32 Å². The van der Waals surface area contributed by atoms with Gasteiger partial charge in [-0.15, -0.1) is 6.58 Å². The highest BCUT2D eigenvalue weighted by Gasteiger charge is 2.32. The predicted molar refractivity (Wildman–Crippen MR) is 150 cm³/mol. The first kappa shape index (κ1) is 29.4. The maximum atomic E-state index is 16.1. The van der Waals surface area contributed by atoms with E-state index in [2.05, 4.69) is 37.0 Å². The SMILES string of the molecule is C=CCCCCc1cccc(C)c1-c1cc(C2CC2)c(F)c([C@H](CC(=O)OCC)NC(=O)OC(C)(C)C)c1. The number of aryl methyl sites for hydroxylation is 2. The van der Waals surface area contributed by atoms with E-state index in [9.17, 15) is 9.59 Å². The first-order valence-corrected chi connectivity index (χ1v) is 13.7. The molecule has 6 heteroatoms. The maximum absolute atomic E-state index is 16.1. The summed E-state index contributed by atoms with van der Waals surface area (Å²) in [6, 6.07) is 9.07. The van der Waals surface area contributed by atoms with E-state index >= 15 is 4.39 Å². The van der Waals surface area contributed by atoms with Gasteiger partial charge in [0, 0.05) is 5.56 Å². The topological polar surface area (TPSA) is 64.6 Å². The molecule has 1 fully saturated rings. The van der Waals surface area contributed by atoms with Crippen LogP contribution in [0.25, 0.3) is 11.1 Å². The number of nitrogens with one attached hydrogen (secondary N) is 1. The summed E-state index contributed by atoms with van der Waals surface area (Å²) in [5.74, 6) is -0.744. The van der Waals surface area contributed by atoms with Crippen LogP contribution in [0.15, 0.2) is 43.0 Å². The van der Waals surface area contributed by atoms with Crippen LogP contribution in [-0.2, 0) is 20.7 Å². The van der Waals surface area contributed by atoms with Gasteiger partial charge in [-0.25, -0.2) is 9.18 Å². The van der Waals surface area contributed by atoms with Gasteiger partial charge in [0.1, 0.15) is 11.4 Å². The summed E-state index contributed by atoms with van der Waals surface area (Å²) < 4.78 is 26.7. The molecule has 0 radical (unpaired) electrons. The highest BCUT2D eigenvalue weighted by Crippen LogP contribution is 2.45. The normalized spacial score (nSPS) is 14.1. The molecule has 38 heavy (non-hydrogen) atoms. The number of halogens is 1. The Hall–Kier alpha value is -3.15. The second-order valence-electron chi connectivity index (χ2n) is 11.1. The van der Waals surface area contributed by atoms with Gasteiger partial charge in [0.15, 0.2) is 0 Å². The number of amides is 1. The molecule has 1 amide bonds. The zero-order chi connectivity index (χ0) is 27.9. The third-order valence-electron chi connectivity index (χ3n) is 6.64. The molecular weight excluding hydrogens is 481 g/mol. The lowest BCUT2D eigenvalue weighted by Crippen LogP contribution is -2.36. The average Bonchev–Trinajstić information content (AvgIpc) is 3.66. The molecule has 5 nitrogen and oxygen atoms in total. The summed E-state index contributed by atoms with van der Waals surface area (Å²) in [6.07, 6.45) is 6.83. The van der Waals surface area contributed by atoms with Crippen molar-refractivity contribution in [3.63, 3.8) is 0 Å². The lowest BCUT2D eigenvalue weighted by Gasteiger charge is -2.25. The van der Waals surface area contributed by atoms with Gasteiger partial charge < -0.3 is 14.8 Å². The lowest BCUT2D eigenvalue weighted by molar-refractivity contribution is -0.143. The zero-order valence-corrected chi connectivity index (χ0v) is 23.5. The number of carbonyl (C=O) groups is 2. The van der Waals surface area contributed by atoms with Gasteiger partial charge in [0.25, 0.3) is 0 Å². The van der Waals surface area contributed by atoms with Crippen molar-refractivity contribution in [3.8, 4) is 11.1 Å². The number of alkyl carbamates (subject to hydrolysis) is 1. The van der Waals surface area contributed by atoms with Crippen LogP contribution in [0.4, 0.5) is 9.18 Å². The highest BCUT2D eigenvalue weighted by molar-refractivity contribution is 5.76. The number of benzene rings is 2. The van der Waals surface area contributed by atoms with Crippen molar-refractivity contribution in [2.45, 2.75) is 97.1 Å². The standard InChI is InChI=1S/C32H42FNO4/c1-7-9-10-11-14-23-15-12-13-21(3)29(23)24-18-25(22-16-17-22)30(33)26(19-24)27(20-28(35)37-8-2)34-31(36)38-32(4,5)6/h7,12-13,15,18-19,22,27H,1,8-11,14,16-17,20H2,2-6H3,(H,34,36)/t27-/m0/s1. The Morgan fingerprint density at radius 1 is 1.21 bits per heavy atom. The number of unbranched alkanes of at least 4 members (excludes halogenated alkanes) is 2. The Balaban J connectivity index is 2.09. The van der Waals surface area contributed by atoms with Crippen molar-refractivity contribution in [2.24, 2.45) is 0 Å². The third-order valence-corrected chi connectivity index (χ3v) is 6.64. The summed E-state index contributed by atoms with van der Waals surface area (Å²) in [7, 11) is 0. The van der Waals surface area contributed by atoms with Gasteiger partial charge in [0.05, 0.1) is 19.1 Å². The molecule has 1 N–H and O–H groups in total. The number of ether oxygens (including phenoxy) is 2.